The Balaban J connectivity index is 2.07. The van der Waals surface area contributed by atoms with Crippen molar-refractivity contribution in [3.63, 3.8) is 0 Å². The zero-order valence-corrected chi connectivity index (χ0v) is 19.9. The normalized spacial score (nSPS) is 11.1. The van der Waals surface area contributed by atoms with Crippen LogP contribution in [0, 0.1) is 10.5 Å². The van der Waals surface area contributed by atoms with Gasteiger partial charge in [-0.15, -0.1) is 0 Å². The van der Waals surface area contributed by atoms with Crippen molar-refractivity contribution in [2.75, 3.05) is 5.32 Å². The van der Waals surface area contributed by atoms with E-state index >= 15 is 0 Å². The molecule has 0 spiro atoms. The summed E-state index contributed by atoms with van der Waals surface area (Å²) in [5.41, 5.74) is 7.12. The fourth-order valence-electron chi connectivity index (χ4n) is 2.83. The summed E-state index contributed by atoms with van der Waals surface area (Å²) in [6.07, 6.45) is -3.49. The number of rotatable bonds is 4. The van der Waals surface area contributed by atoms with E-state index in [1.54, 1.807) is 12.1 Å². The van der Waals surface area contributed by atoms with E-state index in [2.05, 4.69) is 15.4 Å². The number of benzene rings is 1. The van der Waals surface area contributed by atoms with Gasteiger partial charge in [0.25, 0.3) is 11.8 Å². The van der Waals surface area contributed by atoms with Crippen molar-refractivity contribution in [1.29, 1.82) is 0 Å². The number of alkyl halides is 3. The second-order valence-electron chi connectivity index (χ2n) is 6.68. The summed E-state index contributed by atoms with van der Waals surface area (Å²) >= 11 is 7.85. The maximum atomic E-state index is 13.4. The third-order valence-corrected chi connectivity index (χ3v) is 5.32. The zero-order chi connectivity index (χ0) is 25.2. The van der Waals surface area contributed by atoms with Gasteiger partial charge in [0, 0.05) is 17.3 Å². The van der Waals surface area contributed by atoms with Crippen LogP contribution in [0.2, 0.25) is 5.02 Å². The molecule has 34 heavy (non-hydrogen) atoms. The third kappa shape index (κ3) is 5.56. The molecule has 4 amide bonds. The molecule has 3 rings (SSSR count). The average molecular weight is 608 g/mol. The monoisotopic (exact) mass is 607 g/mol. The molecular weight excluding hydrogens is 594 g/mol. The van der Waals surface area contributed by atoms with Crippen molar-refractivity contribution in [2.24, 2.45) is 5.73 Å². The fourth-order valence-corrected chi connectivity index (χ4v) is 3.68. The third-order valence-electron chi connectivity index (χ3n) is 4.25. The maximum Gasteiger partial charge on any atom is 0.435 e. The Hall–Kier alpha value is -3.40. The second kappa shape index (κ2) is 9.84. The Kier molecular flexibility index (Phi) is 7.30. The van der Waals surface area contributed by atoms with E-state index < -0.39 is 35.4 Å². The number of carbonyl (C=O) groups is 3. The number of pyridine rings is 1. The van der Waals surface area contributed by atoms with Gasteiger partial charge in [-0.3, -0.25) is 15.0 Å². The summed E-state index contributed by atoms with van der Waals surface area (Å²) in [6, 6.07) is 5.29. The predicted octanol–water partition coefficient (Wildman–Crippen LogP) is 3.42. The Morgan fingerprint density at radius 1 is 1.15 bits per heavy atom. The minimum atomic E-state index is -4.83. The van der Waals surface area contributed by atoms with Crippen molar-refractivity contribution in [3.05, 3.63) is 67.6 Å². The average Bonchev–Trinajstić information content (AvgIpc) is 3.20. The number of primary amides is 1. The summed E-state index contributed by atoms with van der Waals surface area (Å²) < 4.78 is 41.3. The van der Waals surface area contributed by atoms with Gasteiger partial charge in [-0.05, 0) is 59.3 Å². The molecule has 178 valence electrons. The molecule has 1 aromatic carbocycles. The number of nitrogens with one attached hydrogen (secondary N) is 3. The van der Waals surface area contributed by atoms with Gasteiger partial charge in [-0.2, -0.15) is 18.3 Å². The van der Waals surface area contributed by atoms with Gasteiger partial charge in [0.15, 0.2) is 11.5 Å². The van der Waals surface area contributed by atoms with Crippen LogP contribution in [0.1, 0.15) is 32.1 Å². The number of anilines is 1. The number of amides is 4. The zero-order valence-electron chi connectivity index (χ0n) is 17.0. The predicted molar refractivity (Wildman–Crippen MR) is 123 cm³/mol. The molecule has 0 aliphatic heterocycles. The smallest absolute Gasteiger partial charge is 0.350 e. The molecule has 15 heteroatoms. The molecule has 0 saturated carbocycles. The van der Waals surface area contributed by atoms with Crippen LogP contribution in [0.3, 0.4) is 0 Å². The molecular formula is C19H14ClF3IN7O3. The van der Waals surface area contributed by atoms with Gasteiger partial charge in [-0.1, -0.05) is 11.6 Å². The summed E-state index contributed by atoms with van der Waals surface area (Å²) in [7, 11) is 0. The van der Waals surface area contributed by atoms with Crippen molar-refractivity contribution in [3.8, 4) is 5.82 Å². The number of aromatic nitrogens is 3. The van der Waals surface area contributed by atoms with E-state index in [1.807, 2.05) is 33.4 Å². The van der Waals surface area contributed by atoms with Crippen LogP contribution < -0.4 is 21.9 Å². The second-order valence-corrected chi connectivity index (χ2v) is 8.27. The number of hydrogen-bond donors (Lipinski definition) is 4. The molecule has 0 fully saturated rings. The molecule has 0 saturated heterocycles. The first-order chi connectivity index (χ1) is 15.9. The molecule has 10 nitrogen and oxygen atoms in total. The molecule has 2 heterocycles. The molecule has 0 aliphatic rings. The number of urea groups is 1. The molecule has 3 aromatic rings. The lowest BCUT2D eigenvalue weighted by Gasteiger charge is -2.15. The minimum absolute atomic E-state index is 0.000188. The van der Waals surface area contributed by atoms with Crippen molar-refractivity contribution in [1.82, 2.24) is 25.6 Å². The van der Waals surface area contributed by atoms with E-state index in [1.165, 1.54) is 25.3 Å². The summed E-state index contributed by atoms with van der Waals surface area (Å²) in [5, 5.41) is 6.08. The maximum absolute atomic E-state index is 13.4. The van der Waals surface area contributed by atoms with Crippen LogP contribution in [0.4, 0.5) is 23.7 Å². The topological polar surface area (TPSA) is 144 Å². The van der Waals surface area contributed by atoms with E-state index in [4.69, 9.17) is 17.3 Å². The fraction of sp³-hybridized carbons (Fsp3) is 0.105. The molecule has 0 atom stereocenters. The summed E-state index contributed by atoms with van der Waals surface area (Å²) in [4.78, 5) is 40.5. The SMILES string of the molecule is Cc1cc(Cl)cc(C(=O)NNC(N)=O)c1NC(=O)c1cc(C(F)(F)F)nn1-c1ncccc1I. The number of nitrogens with two attached hydrogens (primary N) is 1. The number of carbonyl (C=O) groups excluding carboxylic acids is 3. The van der Waals surface area contributed by atoms with Crippen LogP contribution in [0.5, 0.6) is 0 Å². The van der Waals surface area contributed by atoms with Gasteiger partial charge in [0.05, 0.1) is 14.8 Å². The first-order valence-electron chi connectivity index (χ1n) is 9.14. The van der Waals surface area contributed by atoms with Gasteiger partial charge >= 0.3 is 12.2 Å². The largest absolute Gasteiger partial charge is 0.435 e. The first kappa shape index (κ1) is 25.2. The Morgan fingerprint density at radius 2 is 1.85 bits per heavy atom. The Labute approximate surface area is 208 Å². The lowest BCUT2D eigenvalue weighted by molar-refractivity contribution is -0.141. The Bertz CT molecular complexity index is 1300. The number of halogens is 5. The van der Waals surface area contributed by atoms with E-state index in [-0.39, 0.29) is 22.1 Å². The molecule has 0 bridgehead atoms. The lowest BCUT2D eigenvalue weighted by Crippen LogP contribution is -2.44. The van der Waals surface area contributed by atoms with Gasteiger partial charge in [0.2, 0.25) is 0 Å². The summed E-state index contributed by atoms with van der Waals surface area (Å²) in [6.45, 7) is 1.51. The van der Waals surface area contributed by atoms with Crippen LogP contribution in [-0.4, -0.2) is 32.6 Å². The highest BCUT2D eigenvalue weighted by Crippen LogP contribution is 2.31. The molecule has 0 unspecified atom stereocenters. The molecule has 2 aromatic heterocycles. The van der Waals surface area contributed by atoms with Crippen LogP contribution in [0.15, 0.2) is 36.5 Å². The van der Waals surface area contributed by atoms with E-state index in [9.17, 15) is 27.6 Å². The van der Waals surface area contributed by atoms with Crippen molar-refractivity contribution in [2.45, 2.75) is 13.1 Å². The van der Waals surface area contributed by atoms with Crippen LogP contribution >= 0.6 is 34.2 Å². The van der Waals surface area contributed by atoms with Crippen LogP contribution in [0.25, 0.3) is 5.82 Å². The quantitative estimate of drug-likeness (QED) is 0.266. The highest BCUT2D eigenvalue weighted by atomic mass is 127. The van der Waals surface area contributed by atoms with E-state index in [0.29, 0.717) is 15.2 Å². The highest BCUT2D eigenvalue weighted by Gasteiger charge is 2.36. The molecule has 5 N–H and O–H groups in total. The Morgan fingerprint density at radius 3 is 2.47 bits per heavy atom. The number of hydrogen-bond acceptors (Lipinski definition) is 5. The van der Waals surface area contributed by atoms with Crippen LogP contribution in [-0.2, 0) is 6.18 Å². The minimum Gasteiger partial charge on any atom is -0.350 e. The van der Waals surface area contributed by atoms with Crippen molar-refractivity contribution < 1.29 is 27.6 Å². The number of hydrazine groups is 1. The van der Waals surface area contributed by atoms with Gasteiger partial charge in [0.1, 0.15) is 5.69 Å². The highest BCUT2D eigenvalue weighted by molar-refractivity contribution is 14.1. The number of nitrogens with zero attached hydrogens (tertiary/aromatic N) is 3. The van der Waals surface area contributed by atoms with Gasteiger partial charge in [-0.25, -0.2) is 19.9 Å². The first-order valence-corrected chi connectivity index (χ1v) is 10.6. The molecule has 0 radical (unpaired) electrons. The standard InChI is InChI=1S/C19H14ClF3IN7O3/c1-8-5-9(20)6-10(16(32)28-29-18(25)34)14(8)27-17(33)12-7-13(19(21,22)23)30-31(12)15-11(24)3-2-4-26-15/h2-7H,1H3,(H,27,33)(H,28,32)(H3,25,29,34). The molecule has 0 aliphatic carbocycles. The lowest BCUT2D eigenvalue weighted by atomic mass is 10.1. The van der Waals surface area contributed by atoms with E-state index in [0.717, 1.165) is 4.68 Å². The van der Waals surface area contributed by atoms with Crippen molar-refractivity contribution >= 4 is 57.7 Å². The van der Waals surface area contributed by atoms with Gasteiger partial charge < -0.3 is 11.1 Å². The number of aryl methyl sites for hydroxylation is 1. The summed E-state index contributed by atoms with van der Waals surface area (Å²) in [5.74, 6) is -1.89.